The molecule has 0 N–H and O–H groups in total. The van der Waals surface area contributed by atoms with Gasteiger partial charge in [0.15, 0.2) is 18.9 Å². The Morgan fingerprint density at radius 2 is 1.60 bits per heavy atom. The molecule has 15 heavy (non-hydrogen) atoms. The van der Waals surface area contributed by atoms with E-state index in [4.69, 9.17) is 11.6 Å². The summed E-state index contributed by atoms with van der Waals surface area (Å²) in [5.74, 6) is 0. The fourth-order valence-electron chi connectivity index (χ4n) is 1.36. The monoisotopic (exact) mass is 283 g/mol. The molecular formula is C12H11BrClN. The highest BCUT2D eigenvalue weighted by atomic mass is 79.9. The molecule has 0 radical (unpaired) electrons. The van der Waals surface area contributed by atoms with Crippen LogP contribution in [-0.2, 0) is 6.54 Å². The van der Waals surface area contributed by atoms with Crippen LogP contribution in [0.1, 0.15) is 5.56 Å². The summed E-state index contributed by atoms with van der Waals surface area (Å²) < 4.78 is 2.10. The number of halogens is 2. The van der Waals surface area contributed by atoms with Gasteiger partial charge in [-0.3, -0.25) is 0 Å². The largest absolute Gasteiger partial charge is 1.00 e. The maximum Gasteiger partial charge on any atom is 0.175 e. The predicted molar refractivity (Wildman–Crippen MR) is 57.2 cm³/mol. The Balaban J connectivity index is 0.00000112. The zero-order valence-corrected chi connectivity index (χ0v) is 10.4. The first-order valence-electron chi connectivity index (χ1n) is 4.54. The standard InChI is InChI=1S/C12H11ClN.BrH/c13-12-7-3-2-6-11(12)10-14-8-4-1-5-9-14;/h1-9H,10H2;1H/q+1;/p-1. The fourth-order valence-corrected chi connectivity index (χ4v) is 1.56. The maximum atomic E-state index is 6.06. The van der Waals surface area contributed by atoms with Crippen LogP contribution < -0.4 is 21.5 Å². The summed E-state index contributed by atoms with van der Waals surface area (Å²) in [6.07, 6.45) is 4.06. The van der Waals surface area contributed by atoms with E-state index in [1.165, 1.54) is 0 Å². The Hall–Kier alpha value is -0.860. The molecule has 0 fully saturated rings. The van der Waals surface area contributed by atoms with E-state index in [1.807, 2.05) is 54.9 Å². The molecule has 1 heterocycles. The van der Waals surface area contributed by atoms with Crippen LogP contribution in [0.4, 0.5) is 0 Å². The Labute approximate surface area is 105 Å². The van der Waals surface area contributed by atoms with E-state index in [0.29, 0.717) is 0 Å². The van der Waals surface area contributed by atoms with Gasteiger partial charge in [0.2, 0.25) is 0 Å². The normalized spacial score (nSPS) is 9.40. The number of aromatic nitrogens is 1. The van der Waals surface area contributed by atoms with Crippen LogP contribution in [0, 0.1) is 0 Å². The lowest BCUT2D eigenvalue weighted by molar-refractivity contribution is -0.688. The van der Waals surface area contributed by atoms with Crippen molar-refractivity contribution in [3.05, 3.63) is 65.4 Å². The van der Waals surface area contributed by atoms with Gasteiger partial charge in [-0.15, -0.1) is 0 Å². The van der Waals surface area contributed by atoms with E-state index in [0.717, 1.165) is 17.1 Å². The molecule has 78 valence electrons. The van der Waals surface area contributed by atoms with Crippen molar-refractivity contribution < 1.29 is 21.5 Å². The van der Waals surface area contributed by atoms with Crippen molar-refractivity contribution in [2.45, 2.75) is 6.54 Å². The quantitative estimate of drug-likeness (QED) is 0.666. The average molecular weight is 285 g/mol. The van der Waals surface area contributed by atoms with Gasteiger partial charge in [0.25, 0.3) is 0 Å². The van der Waals surface area contributed by atoms with E-state index in [-0.39, 0.29) is 17.0 Å². The van der Waals surface area contributed by atoms with E-state index < -0.39 is 0 Å². The highest BCUT2D eigenvalue weighted by Gasteiger charge is 2.04. The van der Waals surface area contributed by atoms with Crippen molar-refractivity contribution in [2.24, 2.45) is 0 Å². The SMILES string of the molecule is Clc1ccccc1C[n+]1ccccc1.[Br-]. The first kappa shape index (κ1) is 12.2. The highest BCUT2D eigenvalue weighted by molar-refractivity contribution is 6.31. The summed E-state index contributed by atoms with van der Waals surface area (Å²) in [6, 6.07) is 13.9. The molecule has 2 aromatic rings. The second-order valence-corrected chi connectivity index (χ2v) is 3.55. The molecule has 2 rings (SSSR count). The minimum Gasteiger partial charge on any atom is -1.00 e. The Morgan fingerprint density at radius 3 is 2.27 bits per heavy atom. The minimum atomic E-state index is 0. The summed E-state index contributed by atoms with van der Waals surface area (Å²) in [6.45, 7) is 0.820. The van der Waals surface area contributed by atoms with Crippen molar-refractivity contribution in [2.75, 3.05) is 0 Å². The molecule has 0 saturated heterocycles. The van der Waals surface area contributed by atoms with Gasteiger partial charge in [0, 0.05) is 17.7 Å². The van der Waals surface area contributed by atoms with Crippen molar-refractivity contribution >= 4 is 11.6 Å². The summed E-state index contributed by atoms with van der Waals surface area (Å²) in [5.41, 5.74) is 1.14. The Morgan fingerprint density at radius 1 is 0.933 bits per heavy atom. The molecule has 0 unspecified atom stereocenters. The smallest absolute Gasteiger partial charge is 0.175 e. The van der Waals surface area contributed by atoms with E-state index in [2.05, 4.69) is 4.57 Å². The zero-order chi connectivity index (χ0) is 9.80. The number of hydrogen-bond acceptors (Lipinski definition) is 0. The van der Waals surface area contributed by atoms with Gasteiger partial charge >= 0.3 is 0 Å². The van der Waals surface area contributed by atoms with Crippen molar-refractivity contribution in [1.29, 1.82) is 0 Å². The van der Waals surface area contributed by atoms with Crippen LogP contribution in [0.25, 0.3) is 0 Å². The molecule has 1 aromatic heterocycles. The Bertz CT molecular complexity index is 417. The van der Waals surface area contributed by atoms with E-state index >= 15 is 0 Å². The molecule has 1 nitrogen and oxygen atoms in total. The second-order valence-electron chi connectivity index (χ2n) is 3.14. The van der Waals surface area contributed by atoms with Crippen LogP contribution in [0.3, 0.4) is 0 Å². The van der Waals surface area contributed by atoms with Crippen molar-refractivity contribution in [3.8, 4) is 0 Å². The molecule has 0 spiro atoms. The molecular weight excluding hydrogens is 273 g/mol. The van der Waals surface area contributed by atoms with Gasteiger partial charge in [0.1, 0.15) is 0 Å². The van der Waals surface area contributed by atoms with Gasteiger partial charge in [-0.05, 0) is 6.07 Å². The van der Waals surface area contributed by atoms with Gasteiger partial charge < -0.3 is 17.0 Å². The number of nitrogens with zero attached hydrogens (tertiary/aromatic N) is 1. The molecule has 0 aliphatic rings. The van der Waals surface area contributed by atoms with E-state index in [1.54, 1.807) is 0 Å². The maximum absolute atomic E-state index is 6.06. The number of benzene rings is 1. The lowest BCUT2D eigenvalue weighted by Crippen LogP contribution is -3.00. The molecule has 0 atom stereocenters. The summed E-state index contributed by atoms with van der Waals surface area (Å²) in [7, 11) is 0. The fraction of sp³-hybridized carbons (Fsp3) is 0.0833. The average Bonchev–Trinajstić information content (AvgIpc) is 2.23. The minimum absolute atomic E-state index is 0. The van der Waals surface area contributed by atoms with Crippen LogP contribution in [-0.4, -0.2) is 0 Å². The lowest BCUT2D eigenvalue weighted by atomic mass is 10.2. The molecule has 0 saturated carbocycles. The predicted octanol–water partition coefficient (Wildman–Crippen LogP) is -0.320. The van der Waals surface area contributed by atoms with Crippen LogP contribution >= 0.6 is 11.6 Å². The zero-order valence-electron chi connectivity index (χ0n) is 8.11. The number of hydrogen-bond donors (Lipinski definition) is 0. The molecule has 1 aromatic carbocycles. The van der Waals surface area contributed by atoms with Crippen LogP contribution in [0.15, 0.2) is 54.9 Å². The lowest BCUT2D eigenvalue weighted by Gasteiger charge is -1.99. The topological polar surface area (TPSA) is 3.88 Å². The first-order chi connectivity index (χ1) is 6.86. The van der Waals surface area contributed by atoms with Gasteiger partial charge in [-0.1, -0.05) is 35.9 Å². The summed E-state index contributed by atoms with van der Waals surface area (Å²) in [5, 5.41) is 0.823. The number of pyridine rings is 1. The molecule has 0 bridgehead atoms. The van der Waals surface area contributed by atoms with Gasteiger partial charge in [-0.2, -0.15) is 0 Å². The van der Waals surface area contributed by atoms with E-state index in [9.17, 15) is 0 Å². The summed E-state index contributed by atoms with van der Waals surface area (Å²) in [4.78, 5) is 0. The Kier molecular flexibility index (Phi) is 4.79. The van der Waals surface area contributed by atoms with Crippen molar-refractivity contribution in [3.63, 3.8) is 0 Å². The molecule has 0 aliphatic carbocycles. The highest BCUT2D eigenvalue weighted by Crippen LogP contribution is 2.13. The third-order valence-corrected chi connectivity index (χ3v) is 2.46. The van der Waals surface area contributed by atoms with Gasteiger partial charge in [0.05, 0.1) is 5.02 Å². The van der Waals surface area contributed by atoms with Gasteiger partial charge in [-0.25, -0.2) is 4.57 Å². The first-order valence-corrected chi connectivity index (χ1v) is 4.91. The van der Waals surface area contributed by atoms with Crippen molar-refractivity contribution in [1.82, 2.24) is 0 Å². The molecule has 0 amide bonds. The molecule has 0 aliphatic heterocycles. The second kappa shape index (κ2) is 5.89. The summed E-state index contributed by atoms with van der Waals surface area (Å²) >= 11 is 6.06. The van der Waals surface area contributed by atoms with Crippen LogP contribution in [0.5, 0.6) is 0 Å². The third-order valence-electron chi connectivity index (χ3n) is 2.09. The molecule has 3 heteroatoms. The van der Waals surface area contributed by atoms with Crippen LogP contribution in [0.2, 0.25) is 5.02 Å². The third kappa shape index (κ3) is 3.33. The number of rotatable bonds is 2.